The first-order chi connectivity index (χ1) is 29.1. The Morgan fingerprint density at radius 1 is 0.424 bits per heavy atom. The number of rotatable bonds is 42. The summed E-state index contributed by atoms with van der Waals surface area (Å²) in [4.78, 5) is 0.843. The third-order valence-corrected chi connectivity index (χ3v) is 12.2. The zero-order chi connectivity index (χ0) is 42.3. The van der Waals surface area contributed by atoms with Crippen molar-refractivity contribution in [2.45, 2.75) is 240 Å². The van der Waals surface area contributed by atoms with Crippen molar-refractivity contribution in [1.29, 1.82) is 0 Å². The Labute approximate surface area is 371 Å². The highest BCUT2D eigenvalue weighted by atomic mass is 32.1. The monoisotopic (exact) mass is 833 g/mol. The van der Waals surface area contributed by atoms with Gasteiger partial charge in [-0.05, 0) is 67.0 Å². The highest BCUT2D eigenvalue weighted by Gasteiger charge is 2.16. The zero-order valence-corrected chi connectivity index (χ0v) is 40.0. The van der Waals surface area contributed by atoms with E-state index in [4.69, 9.17) is 26.4 Å². The SMILES string of the molecule is CCCCCCCCCCCCCCCCCCCCCCc1ccc(C(=S)C=Cc2cc(OCCCCCC)c(OCCCCCC)c(OCCCCCC)c2)cc1. The first-order valence-corrected chi connectivity index (χ1v) is 25.9. The summed E-state index contributed by atoms with van der Waals surface area (Å²) in [5.41, 5.74) is 3.53. The van der Waals surface area contributed by atoms with Crippen LogP contribution in [0.1, 0.15) is 250 Å². The molecule has 336 valence electrons. The minimum Gasteiger partial charge on any atom is -0.490 e. The summed E-state index contributed by atoms with van der Waals surface area (Å²) in [5.74, 6) is 2.31. The van der Waals surface area contributed by atoms with Crippen LogP contribution in [-0.4, -0.2) is 24.7 Å². The van der Waals surface area contributed by atoms with Gasteiger partial charge in [0.1, 0.15) is 0 Å². The van der Waals surface area contributed by atoms with E-state index in [9.17, 15) is 0 Å². The molecule has 0 radical (unpaired) electrons. The molecule has 0 amide bonds. The summed E-state index contributed by atoms with van der Waals surface area (Å²) in [7, 11) is 0. The third kappa shape index (κ3) is 28.0. The second kappa shape index (κ2) is 38.6. The molecule has 0 N–H and O–H groups in total. The van der Waals surface area contributed by atoms with Crippen LogP contribution in [0, 0.1) is 0 Å². The van der Waals surface area contributed by atoms with E-state index < -0.39 is 0 Å². The molecule has 0 saturated carbocycles. The molecule has 2 rings (SSSR count). The number of thiocarbonyl (C=S) groups is 1. The van der Waals surface area contributed by atoms with E-state index >= 15 is 0 Å². The van der Waals surface area contributed by atoms with Crippen LogP contribution in [0.5, 0.6) is 17.2 Å². The summed E-state index contributed by atoms with van der Waals surface area (Å²) in [6, 6.07) is 13.1. The molecule has 3 nitrogen and oxygen atoms in total. The summed E-state index contributed by atoms with van der Waals surface area (Å²) >= 11 is 5.92. The quantitative estimate of drug-likeness (QED) is 0.0288. The van der Waals surface area contributed by atoms with Gasteiger partial charge < -0.3 is 14.2 Å². The van der Waals surface area contributed by atoms with Crippen molar-refractivity contribution in [3.8, 4) is 17.2 Å². The van der Waals surface area contributed by atoms with Gasteiger partial charge in [-0.3, -0.25) is 0 Å². The highest BCUT2D eigenvalue weighted by Crippen LogP contribution is 2.40. The van der Waals surface area contributed by atoms with Gasteiger partial charge in [0.25, 0.3) is 0 Å². The van der Waals surface area contributed by atoms with Crippen LogP contribution >= 0.6 is 12.2 Å². The average molecular weight is 833 g/mol. The minimum absolute atomic E-state index is 0.674. The van der Waals surface area contributed by atoms with E-state index in [2.05, 4.69) is 76.2 Å². The lowest BCUT2D eigenvalue weighted by Gasteiger charge is -2.18. The maximum absolute atomic E-state index is 6.43. The van der Waals surface area contributed by atoms with Gasteiger partial charge in [-0.2, -0.15) is 0 Å². The van der Waals surface area contributed by atoms with Gasteiger partial charge in [-0.25, -0.2) is 0 Å². The maximum atomic E-state index is 6.43. The van der Waals surface area contributed by atoms with Gasteiger partial charge in [0.2, 0.25) is 5.75 Å². The molecule has 4 heteroatoms. The third-order valence-electron chi connectivity index (χ3n) is 11.8. The fourth-order valence-electron chi connectivity index (χ4n) is 7.86. The summed E-state index contributed by atoms with van der Waals surface area (Å²) in [6.45, 7) is 11.1. The molecule has 0 atom stereocenters. The van der Waals surface area contributed by atoms with Crippen molar-refractivity contribution in [3.63, 3.8) is 0 Å². The summed E-state index contributed by atoms with van der Waals surface area (Å²) < 4.78 is 19.3. The molecular formula is C55H92O3S. The Hall–Kier alpha value is -2.33. The van der Waals surface area contributed by atoms with E-state index in [1.807, 2.05) is 0 Å². The number of allylic oxidation sites excluding steroid dienone is 1. The van der Waals surface area contributed by atoms with Gasteiger partial charge in [0, 0.05) is 4.86 Å². The van der Waals surface area contributed by atoms with Crippen LogP contribution < -0.4 is 14.2 Å². The van der Waals surface area contributed by atoms with Crippen LogP contribution in [0.3, 0.4) is 0 Å². The Morgan fingerprint density at radius 3 is 1.15 bits per heavy atom. The second-order valence-electron chi connectivity index (χ2n) is 17.4. The molecule has 0 aromatic heterocycles. The molecule has 0 unspecified atom stereocenters. The molecule has 2 aromatic carbocycles. The number of benzene rings is 2. The molecule has 0 aliphatic rings. The van der Waals surface area contributed by atoms with Gasteiger partial charge in [-0.15, -0.1) is 0 Å². The number of aryl methyl sites for hydroxylation is 1. The van der Waals surface area contributed by atoms with Crippen molar-refractivity contribution in [3.05, 3.63) is 59.2 Å². The fraction of sp³-hybridized carbons (Fsp3) is 0.727. The first kappa shape index (κ1) is 52.8. The summed E-state index contributed by atoms with van der Waals surface area (Å²) in [5, 5.41) is 0. The highest BCUT2D eigenvalue weighted by molar-refractivity contribution is 7.81. The van der Waals surface area contributed by atoms with E-state index in [0.717, 1.165) is 58.9 Å². The smallest absolute Gasteiger partial charge is 0.203 e. The van der Waals surface area contributed by atoms with Gasteiger partial charge in [0.05, 0.1) is 19.8 Å². The Kier molecular flexibility index (Phi) is 34.5. The van der Waals surface area contributed by atoms with Crippen LogP contribution in [0.25, 0.3) is 6.08 Å². The molecule has 2 aromatic rings. The standard InChI is InChI=1S/C55H92O3S/c1-5-9-13-17-18-19-20-21-22-23-24-25-26-27-28-29-30-31-32-33-37-49-38-41-51(42-39-49)54(59)43-40-50-47-52(56-44-34-14-10-6-2)55(58-46-36-16-12-8-4)53(48-50)57-45-35-15-11-7-3/h38-43,47-48H,5-37,44-46H2,1-4H3. The van der Waals surface area contributed by atoms with E-state index in [0.29, 0.717) is 19.8 Å². The van der Waals surface area contributed by atoms with Crippen LogP contribution in [0.4, 0.5) is 0 Å². The van der Waals surface area contributed by atoms with Crippen LogP contribution in [0.2, 0.25) is 0 Å². The zero-order valence-electron chi connectivity index (χ0n) is 39.2. The topological polar surface area (TPSA) is 27.7 Å². The van der Waals surface area contributed by atoms with Crippen molar-refractivity contribution in [2.24, 2.45) is 0 Å². The van der Waals surface area contributed by atoms with Crippen molar-refractivity contribution < 1.29 is 14.2 Å². The summed E-state index contributed by atoms with van der Waals surface area (Å²) in [6.07, 6.45) is 47.7. The van der Waals surface area contributed by atoms with E-state index in [1.165, 1.54) is 192 Å². The number of ether oxygens (including phenoxy) is 3. The lowest BCUT2D eigenvalue weighted by molar-refractivity contribution is 0.234. The van der Waals surface area contributed by atoms with Gasteiger partial charge in [-0.1, -0.05) is 250 Å². The minimum atomic E-state index is 0.674. The molecule has 0 spiro atoms. The lowest BCUT2D eigenvalue weighted by atomic mass is 10.0. The van der Waals surface area contributed by atoms with E-state index in [-0.39, 0.29) is 0 Å². The molecule has 0 fully saturated rings. The molecule has 0 aliphatic heterocycles. The van der Waals surface area contributed by atoms with Crippen molar-refractivity contribution in [1.82, 2.24) is 0 Å². The normalized spacial score (nSPS) is 11.5. The number of hydrogen-bond acceptors (Lipinski definition) is 4. The second-order valence-corrected chi connectivity index (χ2v) is 17.9. The average Bonchev–Trinajstić information content (AvgIpc) is 3.25. The lowest BCUT2D eigenvalue weighted by Crippen LogP contribution is -2.06. The Morgan fingerprint density at radius 2 is 0.763 bits per heavy atom. The molecular weight excluding hydrogens is 741 g/mol. The molecule has 0 heterocycles. The van der Waals surface area contributed by atoms with Gasteiger partial charge in [0.15, 0.2) is 11.5 Å². The van der Waals surface area contributed by atoms with Crippen molar-refractivity contribution in [2.75, 3.05) is 19.8 Å². The molecule has 0 aliphatic carbocycles. The predicted octanol–water partition coefficient (Wildman–Crippen LogP) is 18.4. The Balaban J connectivity index is 1.77. The fourth-order valence-corrected chi connectivity index (χ4v) is 8.07. The Bertz CT molecular complexity index is 1250. The molecule has 0 bridgehead atoms. The largest absolute Gasteiger partial charge is 0.490 e. The number of hydrogen-bond donors (Lipinski definition) is 0. The van der Waals surface area contributed by atoms with Crippen LogP contribution in [0.15, 0.2) is 42.5 Å². The first-order valence-electron chi connectivity index (χ1n) is 25.5. The predicted molar refractivity (Wildman–Crippen MR) is 264 cm³/mol. The van der Waals surface area contributed by atoms with Crippen LogP contribution in [-0.2, 0) is 6.42 Å². The van der Waals surface area contributed by atoms with E-state index in [1.54, 1.807) is 0 Å². The maximum Gasteiger partial charge on any atom is 0.203 e. The molecule has 0 saturated heterocycles. The van der Waals surface area contributed by atoms with Gasteiger partial charge >= 0.3 is 0 Å². The van der Waals surface area contributed by atoms with Crippen molar-refractivity contribution >= 4 is 23.2 Å². The molecule has 59 heavy (non-hydrogen) atoms. The number of unbranched alkanes of at least 4 members (excludes halogenated alkanes) is 28.